The number of nitrogens with zero attached hydrogens (tertiary/aromatic N) is 2. The SMILES string of the molecule is Cc1ccccc1N(C(=O)CCCC(=O)Nc1ccccn1)[C@H](C(=O)NC1CCCCC1)c1ccc(Cl)cc1. The summed E-state index contributed by atoms with van der Waals surface area (Å²) in [4.78, 5) is 45.9. The fourth-order valence-corrected chi connectivity index (χ4v) is 5.13. The molecule has 2 aromatic carbocycles. The van der Waals surface area contributed by atoms with Crippen LogP contribution in [-0.2, 0) is 14.4 Å². The van der Waals surface area contributed by atoms with Gasteiger partial charge in [-0.2, -0.15) is 0 Å². The molecule has 8 heteroatoms. The van der Waals surface area contributed by atoms with Crippen LogP contribution in [-0.4, -0.2) is 28.7 Å². The molecule has 204 valence electrons. The van der Waals surface area contributed by atoms with Crippen molar-refractivity contribution in [2.24, 2.45) is 0 Å². The van der Waals surface area contributed by atoms with E-state index < -0.39 is 6.04 Å². The number of anilines is 2. The van der Waals surface area contributed by atoms with E-state index in [1.807, 2.05) is 31.2 Å². The predicted octanol–water partition coefficient (Wildman–Crippen LogP) is 6.38. The Morgan fingerprint density at radius 1 is 0.949 bits per heavy atom. The molecule has 0 saturated heterocycles. The maximum Gasteiger partial charge on any atom is 0.248 e. The van der Waals surface area contributed by atoms with Crippen molar-refractivity contribution in [3.8, 4) is 0 Å². The first kappa shape index (κ1) is 28.3. The monoisotopic (exact) mass is 546 g/mol. The molecule has 0 bridgehead atoms. The standard InChI is InChI=1S/C31H35ClN4O3/c1-22-10-5-6-13-26(22)36(29(38)16-9-15-28(37)35-27-14-7-8-21-33-27)30(23-17-19-24(32)20-18-23)31(39)34-25-11-3-2-4-12-25/h5-8,10,13-14,17-21,25,30H,2-4,9,11-12,15-16H2,1H3,(H,34,39)(H,33,35,37)/t30-/m0/s1. The average Bonchev–Trinajstić information content (AvgIpc) is 2.94. The quantitative estimate of drug-likeness (QED) is 0.309. The number of carbonyl (C=O) groups excluding carboxylic acids is 3. The van der Waals surface area contributed by atoms with Gasteiger partial charge in [-0.15, -0.1) is 0 Å². The molecule has 1 fully saturated rings. The summed E-state index contributed by atoms with van der Waals surface area (Å²) in [5.74, 6) is -0.187. The number of rotatable bonds is 10. The number of nitrogens with one attached hydrogen (secondary N) is 2. The molecular formula is C31H35ClN4O3. The Morgan fingerprint density at radius 2 is 1.67 bits per heavy atom. The van der Waals surface area contributed by atoms with E-state index in [0.29, 0.717) is 28.5 Å². The van der Waals surface area contributed by atoms with Gasteiger partial charge in [-0.3, -0.25) is 19.3 Å². The number of pyridine rings is 1. The molecule has 2 N–H and O–H groups in total. The van der Waals surface area contributed by atoms with Crippen molar-refractivity contribution in [3.05, 3.63) is 89.1 Å². The van der Waals surface area contributed by atoms with Crippen LogP contribution in [0.1, 0.15) is 68.5 Å². The number of hydrogen-bond donors (Lipinski definition) is 2. The maximum absolute atomic E-state index is 13.9. The molecule has 7 nitrogen and oxygen atoms in total. The van der Waals surface area contributed by atoms with Crippen LogP contribution in [0.25, 0.3) is 0 Å². The van der Waals surface area contributed by atoms with Gasteiger partial charge in [-0.1, -0.05) is 67.3 Å². The number of aromatic nitrogens is 1. The van der Waals surface area contributed by atoms with Gasteiger partial charge >= 0.3 is 0 Å². The molecule has 0 aliphatic heterocycles. The number of halogens is 1. The number of amides is 3. The molecule has 1 atom stereocenters. The second kappa shape index (κ2) is 13.9. The van der Waals surface area contributed by atoms with Crippen LogP contribution in [0, 0.1) is 6.92 Å². The number of hydrogen-bond acceptors (Lipinski definition) is 4. The molecule has 39 heavy (non-hydrogen) atoms. The normalized spacial score (nSPS) is 14.3. The molecule has 1 aliphatic rings. The predicted molar refractivity (Wildman–Crippen MR) is 155 cm³/mol. The number of para-hydroxylation sites is 1. The Kier molecular flexibility index (Phi) is 10.1. The lowest BCUT2D eigenvalue weighted by Gasteiger charge is -2.34. The minimum Gasteiger partial charge on any atom is -0.351 e. The van der Waals surface area contributed by atoms with Crippen molar-refractivity contribution in [3.63, 3.8) is 0 Å². The van der Waals surface area contributed by atoms with Crippen molar-refractivity contribution >= 4 is 40.8 Å². The fourth-order valence-electron chi connectivity index (χ4n) is 5.00. The minimum absolute atomic E-state index is 0.0881. The van der Waals surface area contributed by atoms with Crippen LogP contribution in [0.5, 0.6) is 0 Å². The molecule has 4 rings (SSSR count). The highest BCUT2D eigenvalue weighted by Crippen LogP contribution is 2.32. The van der Waals surface area contributed by atoms with Crippen molar-refractivity contribution in [1.29, 1.82) is 0 Å². The zero-order valence-corrected chi connectivity index (χ0v) is 23.0. The van der Waals surface area contributed by atoms with Crippen LogP contribution in [0.3, 0.4) is 0 Å². The summed E-state index contributed by atoms with van der Waals surface area (Å²) in [7, 11) is 0. The molecule has 1 heterocycles. The van der Waals surface area contributed by atoms with Gasteiger partial charge in [0, 0.05) is 35.8 Å². The topological polar surface area (TPSA) is 91.4 Å². The van der Waals surface area contributed by atoms with Gasteiger partial charge in [-0.25, -0.2) is 4.98 Å². The largest absolute Gasteiger partial charge is 0.351 e. The minimum atomic E-state index is -0.875. The third-order valence-corrected chi connectivity index (χ3v) is 7.27. The molecular weight excluding hydrogens is 512 g/mol. The fraction of sp³-hybridized carbons (Fsp3) is 0.355. The van der Waals surface area contributed by atoms with E-state index >= 15 is 0 Å². The van der Waals surface area contributed by atoms with Gasteiger partial charge in [0.25, 0.3) is 0 Å². The zero-order chi connectivity index (χ0) is 27.6. The molecule has 0 radical (unpaired) electrons. The van der Waals surface area contributed by atoms with E-state index in [1.165, 1.54) is 6.42 Å². The third kappa shape index (κ3) is 7.90. The van der Waals surface area contributed by atoms with Crippen molar-refractivity contribution in [1.82, 2.24) is 10.3 Å². The van der Waals surface area contributed by atoms with Crippen LogP contribution in [0.2, 0.25) is 5.02 Å². The first-order chi connectivity index (χ1) is 18.9. The van der Waals surface area contributed by atoms with Crippen molar-refractivity contribution < 1.29 is 14.4 Å². The maximum atomic E-state index is 13.9. The number of carbonyl (C=O) groups is 3. The van der Waals surface area contributed by atoms with Crippen LogP contribution >= 0.6 is 11.6 Å². The summed E-state index contributed by atoms with van der Waals surface area (Å²) >= 11 is 6.17. The Bertz CT molecular complexity index is 1260. The van der Waals surface area contributed by atoms with E-state index in [1.54, 1.807) is 53.6 Å². The average molecular weight is 547 g/mol. The third-order valence-electron chi connectivity index (χ3n) is 7.01. The lowest BCUT2D eigenvalue weighted by atomic mass is 9.94. The summed E-state index contributed by atoms with van der Waals surface area (Å²) in [6.07, 6.45) is 7.40. The van der Waals surface area contributed by atoms with Crippen molar-refractivity contribution in [2.45, 2.75) is 70.4 Å². The molecule has 3 amide bonds. The van der Waals surface area contributed by atoms with E-state index in [9.17, 15) is 14.4 Å². The van der Waals surface area contributed by atoms with Crippen LogP contribution in [0.4, 0.5) is 11.5 Å². The van der Waals surface area contributed by atoms with Gasteiger partial charge in [0.05, 0.1) is 0 Å². The Balaban J connectivity index is 1.58. The molecule has 1 saturated carbocycles. The summed E-state index contributed by atoms with van der Waals surface area (Å²) in [5, 5.41) is 6.53. The van der Waals surface area contributed by atoms with E-state index in [0.717, 1.165) is 31.2 Å². The summed E-state index contributed by atoms with van der Waals surface area (Å²) < 4.78 is 0. The van der Waals surface area contributed by atoms with E-state index in [2.05, 4.69) is 15.6 Å². The zero-order valence-electron chi connectivity index (χ0n) is 22.2. The molecule has 0 spiro atoms. The van der Waals surface area contributed by atoms with Gasteiger partial charge < -0.3 is 10.6 Å². The highest BCUT2D eigenvalue weighted by atomic mass is 35.5. The van der Waals surface area contributed by atoms with Crippen molar-refractivity contribution in [2.75, 3.05) is 10.2 Å². The Labute approximate surface area is 235 Å². The first-order valence-electron chi connectivity index (χ1n) is 13.6. The molecule has 1 aromatic heterocycles. The van der Waals surface area contributed by atoms with Gasteiger partial charge in [0.2, 0.25) is 17.7 Å². The first-order valence-corrected chi connectivity index (χ1v) is 13.9. The highest BCUT2D eigenvalue weighted by Gasteiger charge is 2.34. The molecule has 3 aromatic rings. The van der Waals surface area contributed by atoms with Gasteiger partial charge in [-0.05, 0) is 67.6 Å². The lowest BCUT2D eigenvalue weighted by molar-refractivity contribution is -0.127. The number of aryl methyl sites for hydroxylation is 1. The van der Waals surface area contributed by atoms with Gasteiger partial charge in [0.15, 0.2) is 0 Å². The molecule has 0 unspecified atom stereocenters. The second-order valence-electron chi connectivity index (χ2n) is 9.96. The van der Waals surface area contributed by atoms with Crippen LogP contribution < -0.4 is 15.5 Å². The molecule has 1 aliphatic carbocycles. The van der Waals surface area contributed by atoms with E-state index in [-0.39, 0.29) is 36.6 Å². The smallest absolute Gasteiger partial charge is 0.248 e. The summed E-state index contributed by atoms with van der Waals surface area (Å²) in [5.41, 5.74) is 2.22. The Morgan fingerprint density at radius 3 is 2.36 bits per heavy atom. The van der Waals surface area contributed by atoms with Crippen LogP contribution in [0.15, 0.2) is 72.9 Å². The highest BCUT2D eigenvalue weighted by molar-refractivity contribution is 6.30. The van der Waals surface area contributed by atoms with Gasteiger partial charge in [0.1, 0.15) is 11.9 Å². The number of benzene rings is 2. The summed E-state index contributed by atoms with van der Waals surface area (Å²) in [6.45, 7) is 1.92. The van der Waals surface area contributed by atoms with E-state index in [4.69, 9.17) is 11.6 Å². The Hall–Kier alpha value is -3.71. The lowest BCUT2D eigenvalue weighted by Crippen LogP contribution is -2.47. The summed E-state index contributed by atoms with van der Waals surface area (Å²) in [6, 6.07) is 19.1. The second-order valence-corrected chi connectivity index (χ2v) is 10.4.